The number of hydrogen-bond acceptors (Lipinski definition) is 1. The second kappa shape index (κ2) is 26.4. The molecule has 0 aliphatic rings. The standard InChI is InChI=1S/C26H56N.BrH.H3N/c1-5-7-9-11-13-15-17-19-21-23-25-27(3,4)26-24-22-20-18-16-14-12-10-8-6-2;;/h5-26H2,1-4H3;1H;1H3/q+1;;. The van der Waals surface area contributed by atoms with Crippen LogP contribution in [-0.2, 0) is 0 Å². The monoisotopic (exact) mass is 479 g/mol. The molecular formula is C26H60BrN2+. The number of hydrogen-bond donors (Lipinski definition) is 1. The lowest BCUT2D eigenvalue weighted by molar-refractivity contribution is -0.890. The van der Waals surface area contributed by atoms with Gasteiger partial charge in [-0.2, -0.15) is 0 Å². The Morgan fingerprint density at radius 3 is 0.828 bits per heavy atom. The molecule has 0 bridgehead atoms. The van der Waals surface area contributed by atoms with Crippen molar-refractivity contribution in [1.29, 1.82) is 0 Å². The zero-order valence-corrected chi connectivity index (χ0v) is 22.8. The first kappa shape index (κ1) is 34.0. The molecule has 0 aromatic heterocycles. The quantitative estimate of drug-likeness (QED) is 0.121. The van der Waals surface area contributed by atoms with Crippen molar-refractivity contribution >= 4 is 17.0 Å². The molecule has 0 saturated heterocycles. The maximum absolute atomic E-state index is 2.45. The lowest BCUT2D eigenvalue weighted by Crippen LogP contribution is -2.41. The van der Waals surface area contributed by atoms with Crippen LogP contribution in [0.1, 0.15) is 142 Å². The summed E-state index contributed by atoms with van der Waals surface area (Å²) < 4.78 is 1.24. The average molecular weight is 481 g/mol. The van der Waals surface area contributed by atoms with Gasteiger partial charge in [0.2, 0.25) is 0 Å². The highest BCUT2D eigenvalue weighted by atomic mass is 79.9. The van der Waals surface area contributed by atoms with Gasteiger partial charge in [0.25, 0.3) is 0 Å². The van der Waals surface area contributed by atoms with E-state index < -0.39 is 0 Å². The highest BCUT2D eigenvalue weighted by molar-refractivity contribution is 8.93. The molecule has 180 valence electrons. The summed E-state index contributed by atoms with van der Waals surface area (Å²) in [7, 11) is 4.89. The van der Waals surface area contributed by atoms with E-state index in [1.807, 2.05) is 0 Å². The van der Waals surface area contributed by atoms with Gasteiger partial charge in [0.1, 0.15) is 0 Å². The van der Waals surface area contributed by atoms with E-state index in [0.717, 1.165) is 0 Å². The second-order valence-corrected chi connectivity index (χ2v) is 9.75. The molecule has 0 aliphatic heterocycles. The Morgan fingerprint density at radius 1 is 0.379 bits per heavy atom. The van der Waals surface area contributed by atoms with Gasteiger partial charge >= 0.3 is 0 Å². The molecule has 0 aromatic rings. The molecule has 0 radical (unpaired) electrons. The summed E-state index contributed by atoms with van der Waals surface area (Å²) in [5.74, 6) is 0. The number of unbranched alkanes of at least 4 members (excludes halogenated alkanes) is 18. The van der Waals surface area contributed by atoms with Crippen molar-refractivity contribution in [2.45, 2.75) is 142 Å². The molecule has 0 atom stereocenters. The number of rotatable bonds is 22. The van der Waals surface area contributed by atoms with Crippen LogP contribution in [0, 0.1) is 0 Å². The van der Waals surface area contributed by atoms with Crippen LogP contribution in [0.2, 0.25) is 0 Å². The first-order chi connectivity index (χ1) is 13.1. The van der Waals surface area contributed by atoms with Crippen LogP contribution >= 0.6 is 17.0 Å². The van der Waals surface area contributed by atoms with Crippen molar-refractivity contribution < 1.29 is 4.48 Å². The Kier molecular flexibility index (Phi) is 31.0. The lowest BCUT2D eigenvalue weighted by atomic mass is 10.1. The summed E-state index contributed by atoms with van der Waals surface area (Å²) in [5, 5.41) is 0. The number of nitrogens with zero attached hydrogens (tertiary/aromatic N) is 1. The molecule has 0 spiro atoms. The number of quaternary nitrogens is 1. The second-order valence-electron chi connectivity index (χ2n) is 9.75. The van der Waals surface area contributed by atoms with Gasteiger partial charge in [-0.25, -0.2) is 0 Å². The van der Waals surface area contributed by atoms with Crippen LogP contribution in [0.4, 0.5) is 0 Å². The van der Waals surface area contributed by atoms with Crippen LogP contribution in [-0.4, -0.2) is 31.7 Å². The van der Waals surface area contributed by atoms with Crippen molar-refractivity contribution in [2.75, 3.05) is 27.2 Å². The Morgan fingerprint density at radius 2 is 0.586 bits per heavy atom. The molecule has 0 aliphatic carbocycles. The zero-order valence-electron chi connectivity index (χ0n) is 21.1. The van der Waals surface area contributed by atoms with Gasteiger partial charge in [-0.05, 0) is 25.7 Å². The average Bonchev–Trinajstić information content (AvgIpc) is 2.64. The fourth-order valence-electron chi connectivity index (χ4n) is 4.17. The van der Waals surface area contributed by atoms with E-state index in [9.17, 15) is 0 Å². The van der Waals surface area contributed by atoms with Crippen LogP contribution in [0.25, 0.3) is 0 Å². The normalized spacial score (nSPS) is 11.2. The van der Waals surface area contributed by atoms with E-state index >= 15 is 0 Å². The van der Waals surface area contributed by atoms with Gasteiger partial charge in [0.05, 0.1) is 27.2 Å². The summed E-state index contributed by atoms with van der Waals surface area (Å²) in [4.78, 5) is 0. The van der Waals surface area contributed by atoms with E-state index in [2.05, 4.69) is 27.9 Å². The molecule has 3 N–H and O–H groups in total. The minimum atomic E-state index is 0. The first-order valence-corrected chi connectivity index (χ1v) is 12.9. The van der Waals surface area contributed by atoms with Gasteiger partial charge in [-0.15, -0.1) is 17.0 Å². The Balaban J connectivity index is -0.00000338. The molecule has 29 heavy (non-hydrogen) atoms. The van der Waals surface area contributed by atoms with E-state index in [-0.39, 0.29) is 23.1 Å². The van der Waals surface area contributed by atoms with Crippen LogP contribution in [0.3, 0.4) is 0 Å². The molecule has 0 saturated carbocycles. The first-order valence-electron chi connectivity index (χ1n) is 12.9. The van der Waals surface area contributed by atoms with Crippen molar-refractivity contribution in [3.05, 3.63) is 0 Å². The molecule has 0 fully saturated rings. The summed E-state index contributed by atoms with van der Waals surface area (Å²) in [5.41, 5.74) is 0. The van der Waals surface area contributed by atoms with Gasteiger partial charge in [-0.3, -0.25) is 0 Å². The Hall–Kier alpha value is 0.400. The lowest BCUT2D eigenvalue weighted by Gasteiger charge is -2.30. The van der Waals surface area contributed by atoms with Crippen LogP contribution < -0.4 is 6.15 Å². The summed E-state index contributed by atoms with van der Waals surface area (Å²) in [6.45, 7) is 7.37. The molecule has 0 aromatic carbocycles. The van der Waals surface area contributed by atoms with E-state index in [0.29, 0.717) is 0 Å². The number of halogens is 1. The fraction of sp³-hybridized carbons (Fsp3) is 1.00. The van der Waals surface area contributed by atoms with Crippen LogP contribution in [0.15, 0.2) is 0 Å². The molecule has 0 unspecified atom stereocenters. The maximum Gasteiger partial charge on any atom is 0.0782 e. The van der Waals surface area contributed by atoms with Crippen molar-refractivity contribution in [1.82, 2.24) is 6.15 Å². The van der Waals surface area contributed by atoms with E-state index in [1.165, 1.54) is 146 Å². The highest BCUT2D eigenvalue weighted by Crippen LogP contribution is 2.14. The van der Waals surface area contributed by atoms with Gasteiger partial charge in [-0.1, -0.05) is 117 Å². The molecule has 0 heterocycles. The molecule has 0 rings (SSSR count). The predicted molar refractivity (Wildman–Crippen MR) is 141 cm³/mol. The fourth-order valence-corrected chi connectivity index (χ4v) is 4.17. The van der Waals surface area contributed by atoms with Crippen molar-refractivity contribution in [3.63, 3.8) is 0 Å². The predicted octanol–water partition coefficient (Wildman–Crippen LogP) is 9.64. The molecule has 2 nitrogen and oxygen atoms in total. The third kappa shape index (κ3) is 28.4. The Labute approximate surface area is 196 Å². The summed E-state index contributed by atoms with van der Waals surface area (Å²) in [6.07, 6.45) is 29.0. The molecular weight excluding hydrogens is 420 g/mol. The molecule has 0 amide bonds. The third-order valence-corrected chi connectivity index (χ3v) is 6.23. The van der Waals surface area contributed by atoms with Gasteiger partial charge < -0.3 is 10.6 Å². The van der Waals surface area contributed by atoms with E-state index in [4.69, 9.17) is 0 Å². The van der Waals surface area contributed by atoms with Crippen molar-refractivity contribution in [3.8, 4) is 0 Å². The smallest absolute Gasteiger partial charge is 0.0782 e. The molecule has 3 heteroatoms. The topological polar surface area (TPSA) is 35.0 Å². The SMILES string of the molecule is Br.CCCCCCCCCCCC[N+](C)(C)CCCCCCCCCCCC.N. The zero-order chi connectivity index (χ0) is 20.1. The highest BCUT2D eigenvalue weighted by Gasteiger charge is 2.13. The summed E-state index contributed by atoms with van der Waals surface area (Å²) in [6, 6.07) is 0. The minimum Gasteiger partial charge on any atom is -0.344 e. The summed E-state index contributed by atoms with van der Waals surface area (Å²) >= 11 is 0. The van der Waals surface area contributed by atoms with E-state index in [1.54, 1.807) is 0 Å². The van der Waals surface area contributed by atoms with Gasteiger partial charge in [0, 0.05) is 0 Å². The van der Waals surface area contributed by atoms with Crippen molar-refractivity contribution in [2.24, 2.45) is 0 Å². The van der Waals surface area contributed by atoms with Crippen LogP contribution in [0.5, 0.6) is 0 Å². The van der Waals surface area contributed by atoms with Gasteiger partial charge in [0.15, 0.2) is 0 Å². The largest absolute Gasteiger partial charge is 0.344 e. The maximum atomic E-state index is 2.45. The Bertz CT molecular complexity index is 256. The third-order valence-electron chi connectivity index (χ3n) is 6.23. The minimum absolute atomic E-state index is 0.